The van der Waals surface area contributed by atoms with Gasteiger partial charge in [-0.3, -0.25) is 13.7 Å². The van der Waals surface area contributed by atoms with E-state index in [-0.39, 0.29) is 22.2 Å². The summed E-state index contributed by atoms with van der Waals surface area (Å²) >= 11 is 6.25. The molecule has 17 nitrogen and oxygen atoms in total. The third kappa shape index (κ3) is 6.63. The molecule has 5 N–H and O–H groups in total. The zero-order chi connectivity index (χ0) is 33.0. The van der Waals surface area contributed by atoms with Crippen molar-refractivity contribution in [2.75, 3.05) is 11.6 Å². The van der Waals surface area contributed by atoms with Crippen molar-refractivity contribution >= 4 is 85.4 Å². The van der Waals surface area contributed by atoms with Crippen LogP contribution in [0.15, 0.2) is 72.5 Å². The van der Waals surface area contributed by atoms with Gasteiger partial charge in [0.2, 0.25) is 15.0 Å². The second-order valence-electron chi connectivity index (χ2n) is 8.85. The molecule has 0 aliphatic carbocycles. The number of benzene rings is 3. The molecule has 0 saturated carbocycles. The van der Waals surface area contributed by atoms with E-state index >= 15 is 0 Å². The number of phenols is 1. The Balaban J connectivity index is 2.11. The maximum atomic E-state index is 12.3. The number of nitrogens with zero attached hydrogens (tertiary/aromatic N) is 4. The minimum Gasteiger partial charge on any atom is -0.505 e. The highest BCUT2D eigenvalue weighted by Gasteiger charge is 2.28. The van der Waals surface area contributed by atoms with Crippen LogP contribution in [0.25, 0.3) is 10.8 Å². The van der Waals surface area contributed by atoms with Gasteiger partial charge in [-0.2, -0.15) is 30.2 Å². The number of anilines is 2. The molecular weight excluding hydrogens is 690 g/mol. The lowest BCUT2D eigenvalue weighted by atomic mass is 10.1. The van der Waals surface area contributed by atoms with Gasteiger partial charge in [-0.25, -0.2) is 13.4 Å². The van der Waals surface area contributed by atoms with Crippen molar-refractivity contribution < 1.29 is 52.4 Å². The quantitative estimate of drug-likeness (QED) is 0.0993. The van der Waals surface area contributed by atoms with Gasteiger partial charge in [0, 0.05) is 11.6 Å². The lowest BCUT2D eigenvalue weighted by molar-refractivity contribution is 0.471. The third-order valence-electron chi connectivity index (χ3n) is 5.71. The molecular formula is C22H18ClN5O12S4. The molecule has 0 amide bonds. The topological polar surface area (TPSA) is 280 Å². The molecule has 4 aromatic rings. The Labute approximate surface area is 254 Å². The first-order chi connectivity index (χ1) is 20.1. The van der Waals surface area contributed by atoms with Crippen LogP contribution in [0.1, 0.15) is 5.69 Å². The number of azo groups is 1. The van der Waals surface area contributed by atoms with Crippen LogP contribution in [-0.4, -0.2) is 68.7 Å². The van der Waals surface area contributed by atoms with Gasteiger partial charge < -0.3 is 10.4 Å². The third-order valence-corrected chi connectivity index (χ3v) is 9.69. The molecule has 0 atom stereocenters. The number of aryl methyl sites for hydroxylation is 1. The number of rotatable bonds is 8. The zero-order valence-corrected chi connectivity index (χ0v) is 25.9. The molecule has 0 unspecified atom stereocenters. The van der Waals surface area contributed by atoms with Crippen LogP contribution in [0.4, 0.5) is 22.9 Å². The van der Waals surface area contributed by atoms with E-state index in [9.17, 15) is 52.4 Å². The number of sulfone groups is 1. The van der Waals surface area contributed by atoms with Gasteiger partial charge in [0.25, 0.3) is 30.4 Å². The number of fused-ring (bicyclic) bond motifs is 1. The van der Waals surface area contributed by atoms with Gasteiger partial charge in [0.1, 0.15) is 31.1 Å². The molecule has 0 aliphatic rings. The van der Waals surface area contributed by atoms with E-state index in [2.05, 4.69) is 25.5 Å². The number of hydrogen-bond acceptors (Lipinski definition) is 14. The second-order valence-corrected chi connectivity index (χ2v) is 15.3. The molecule has 0 spiro atoms. The monoisotopic (exact) mass is 707 g/mol. The first-order valence-electron chi connectivity index (χ1n) is 11.4. The molecule has 0 radical (unpaired) electrons. The van der Waals surface area contributed by atoms with Crippen molar-refractivity contribution in [3.8, 4) is 5.75 Å². The van der Waals surface area contributed by atoms with Crippen LogP contribution in [-0.2, 0) is 40.2 Å². The first kappa shape index (κ1) is 33.1. The molecule has 4 rings (SSSR count). The van der Waals surface area contributed by atoms with E-state index in [1.54, 1.807) is 0 Å². The van der Waals surface area contributed by atoms with E-state index < -0.39 is 87.9 Å². The van der Waals surface area contributed by atoms with E-state index in [0.29, 0.717) is 6.07 Å². The van der Waals surface area contributed by atoms with Gasteiger partial charge in [-0.15, -0.1) is 10.2 Å². The van der Waals surface area contributed by atoms with E-state index in [1.807, 2.05) is 0 Å². The molecule has 0 aliphatic heterocycles. The predicted octanol–water partition coefficient (Wildman–Crippen LogP) is 3.60. The standard InChI is InChI=1S/C22H18ClN5O12S4/c1-10-18(23)21(26-22(24-10)41(2,30)31)25-13-7-8-14(42(32,33)34)11-9-16(44(38,39)40)19(20(29)17(11)13)28-27-12-5-3-4-6-15(12)43(35,36)37/h3-9,29H,1-2H3,(H,24,25,26)(H,32,33,34)(H,35,36,37)(H,38,39,40). The summed E-state index contributed by atoms with van der Waals surface area (Å²) in [6.45, 7) is 1.35. The number of phenolic OH excluding ortho intramolecular Hbond substituents is 1. The van der Waals surface area contributed by atoms with E-state index in [4.69, 9.17) is 11.6 Å². The summed E-state index contributed by atoms with van der Waals surface area (Å²) in [5, 5.41) is 18.9. The molecule has 0 bridgehead atoms. The summed E-state index contributed by atoms with van der Waals surface area (Å²) in [6.07, 6.45) is 0.815. The van der Waals surface area contributed by atoms with Crippen molar-refractivity contribution in [3.05, 3.63) is 53.2 Å². The number of hydrogen-bond donors (Lipinski definition) is 5. The lowest BCUT2D eigenvalue weighted by Gasteiger charge is -2.16. The van der Waals surface area contributed by atoms with Crippen LogP contribution in [0.5, 0.6) is 5.75 Å². The summed E-state index contributed by atoms with van der Waals surface area (Å²) < 4.78 is 126. The number of aromatic hydroxyl groups is 1. The van der Waals surface area contributed by atoms with Gasteiger partial charge in [0.15, 0.2) is 11.6 Å². The van der Waals surface area contributed by atoms with Crippen LogP contribution in [0, 0.1) is 6.92 Å². The summed E-state index contributed by atoms with van der Waals surface area (Å²) in [4.78, 5) is 4.70. The highest BCUT2D eigenvalue weighted by Crippen LogP contribution is 2.47. The summed E-state index contributed by atoms with van der Waals surface area (Å²) in [7, 11) is -19.3. The second kappa shape index (κ2) is 11.3. The van der Waals surface area contributed by atoms with Crippen molar-refractivity contribution in [3.63, 3.8) is 0 Å². The Bertz CT molecular complexity index is 2350. The lowest BCUT2D eigenvalue weighted by Crippen LogP contribution is -2.09. The van der Waals surface area contributed by atoms with Crippen LogP contribution in [0.3, 0.4) is 0 Å². The smallest absolute Gasteiger partial charge is 0.296 e. The summed E-state index contributed by atoms with van der Waals surface area (Å²) in [6, 6.07) is 6.79. The summed E-state index contributed by atoms with van der Waals surface area (Å²) in [5.74, 6) is -1.54. The van der Waals surface area contributed by atoms with E-state index in [0.717, 1.165) is 30.5 Å². The Morgan fingerprint density at radius 3 is 1.95 bits per heavy atom. The molecule has 1 aromatic heterocycles. The van der Waals surface area contributed by atoms with Gasteiger partial charge >= 0.3 is 0 Å². The van der Waals surface area contributed by atoms with Gasteiger partial charge in [-0.1, -0.05) is 23.7 Å². The Hall–Kier alpha value is -3.83. The number of nitrogens with one attached hydrogen (secondary N) is 1. The van der Waals surface area contributed by atoms with Crippen molar-refractivity contribution in [1.82, 2.24) is 9.97 Å². The Kier molecular flexibility index (Phi) is 8.47. The maximum Gasteiger partial charge on any atom is 0.296 e. The fourth-order valence-corrected chi connectivity index (χ4v) is 6.47. The SMILES string of the molecule is Cc1nc(S(C)(=O)=O)nc(Nc2ccc(S(=O)(=O)O)c3cc(S(=O)(=O)O)c(N=Nc4ccccc4S(=O)(=O)O)c(O)c23)c1Cl. The normalized spacial score (nSPS) is 13.0. The number of halogens is 1. The molecule has 44 heavy (non-hydrogen) atoms. The first-order valence-corrected chi connectivity index (χ1v) is 18.0. The fraction of sp³-hybridized carbons (Fsp3) is 0.0909. The van der Waals surface area contributed by atoms with Crippen LogP contribution in [0.2, 0.25) is 5.02 Å². The largest absolute Gasteiger partial charge is 0.505 e. The van der Waals surface area contributed by atoms with Gasteiger partial charge in [0.05, 0.1) is 16.8 Å². The van der Waals surface area contributed by atoms with Crippen LogP contribution >= 0.6 is 11.6 Å². The average molecular weight is 708 g/mol. The Morgan fingerprint density at radius 1 is 0.795 bits per heavy atom. The highest BCUT2D eigenvalue weighted by atomic mass is 35.5. The van der Waals surface area contributed by atoms with E-state index in [1.165, 1.54) is 19.1 Å². The zero-order valence-electron chi connectivity index (χ0n) is 21.9. The minimum atomic E-state index is -5.35. The average Bonchev–Trinajstić information content (AvgIpc) is 2.88. The van der Waals surface area contributed by atoms with Crippen molar-refractivity contribution in [2.24, 2.45) is 10.2 Å². The van der Waals surface area contributed by atoms with Crippen molar-refractivity contribution in [2.45, 2.75) is 26.8 Å². The molecule has 234 valence electrons. The highest BCUT2D eigenvalue weighted by molar-refractivity contribution is 7.90. The predicted molar refractivity (Wildman–Crippen MR) is 154 cm³/mol. The Morgan fingerprint density at radius 2 is 1.39 bits per heavy atom. The van der Waals surface area contributed by atoms with Gasteiger partial charge in [-0.05, 0) is 37.3 Å². The fourth-order valence-electron chi connectivity index (χ4n) is 3.83. The molecule has 0 saturated heterocycles. The molecule has 3 aromatic carbocycles. The van der Waals surface area contributed by atoms with Crippen molar-refractivity contribution in [1.29, 1.82) is 0 Å². The molecule has 0 fully saturated rings. The minimum absolute atomic E-state index is 0.00618. The maximum absolute atomic E-state index is 12.3. The molecule has 1 heterocycles. The summed E-state index contributed by atoms with van der Waals surface area (Å²) in [5.41, 5.74) is -1.88. The van der Waals surface area contributed by atoms with Crippen LogP contribution < -0.4 is 5.32 Å². The number of aromatic nitrogens is 2. The molecule has 22 heteroatoms.